The molecule has 6 heteroatoms. The van der Waals surface area contributed by atoms with Crippen molar-refractivity contribution in [1.82, 2.24) is 5.32 Å². The topological polar surface area (TPSA) is 12.0 Å². The SMILES string of the molecule is CCCNC(c1cccs1)c1cc(F)ccc1C(F)(F)F. The molecule has 0 aliphatic heterocycles. The maximum absolute atomic E-state index is 13.5. The van der Waals surface area contributed by atoms with Crippen LogP contribution in [-0.4, -0.2) is 6.54 Å². The fourth-order valence-corrected chi connectivity index (χ4v) is 2.96. The van der Waals surface area contributed by atoms with Crippen molar-refractivity contribution in [2.24, 2.45) is 0 Å². The zero-order valence-corrected chi connectivity index (χ0v) is 12.2. The third-order valence-corrected chi connectivity index (χ3v) is 3.99. The van der Waals surface area contributed by atoms with Gasteiger partial charge in [0.25, 0.3) is 0 Å². The molecule has 1 atom stereocenters. The second-order valence-electron chi connectivity index (χ2n) is 4.63. The van der Waals surface area contributed by atoms with Gasteiger partial charge in [-0.1, -0.05) is 13.0 Å². The van der Waals surface area contributed by atoms with Crippen molar-refractivity contribution in [2.45, 2.75) is 25.6 Å². The molecule has 0 aliphatic rings. The first-order valence-corrected chi connectivity index (χ1v) is 7.45. The summed E-state index contributed by atoms with van der Waals surface area (Å²) >= 11 is 1.35. The van der Waals surface area contributed by atoms with E-state index < -0.39 is 23.6 Å². The van der Waals surface area contributed by atoms with Gasteiger partial charge in [-0.3, -0.25) is 0 Å². The molecule has 2 rings (SSSR count). The van der Waals surface area contributed by atoms with Crippen LogP contribution in [0.3, 0.4) is 0 Å². The lowest BCUT2D eigenvalue weighted by atomic mass is 9.98. The van der Waals surface area contributed by atoms with E-state index in [0.29, 0.717) is 6.54 Å². The number of nitrogens with one attached hydrogen (secondary N) is 1. The predicted molar refractivity (Wildman–Crippen MR) is 75.9 cm³/mol. The van der Waals surface area contributed by atoms with E-state index in [1.54, 1.807) is 17.5 Å². The van der Waals surface area contributed by atoms with Crippen molar-refractivity contribution in [3.05, 3.63) is 57.5 Å². The van der Waals surface area contributed by atoms with Gasteiger partial charge in [0.15, 0.2) is 0 Å². The summed E-state index contributed by atoms with van der Waals surface area (Å²) in [4.78, 5) is 0.736. The lowest BCUT2D eigenvalue weighted by Gasteiger charge is -2.22. The number of rotatable bonds is 5. The monoisotopic (exact) mass is 317 g/mol. The Kier molecular flexibility index (Phi) is 5.00. The van der Waals surface area contributed by atoms with Gasteiger partial charge in [-0.05, 0) is 48.2 Å². The second kappa shape index (κ2) is 6.58. The summed E-state index contributed by atoms with van der Waals surface area (Å²) in [5.41, 5.74) is -0.871. The number of hydrogen-bond acceptors (Lipinski definition) is 2. The molecule has 1 unspecified atom stereocenters. The highest BCUT2D eigenvalue weighted by Gasteiger charge is 2.35. The highest BCUT2D eigenvalue weighted by atomic mass is 32.1. The minimum absolute atomic E-state index is 0.0709. The molecule has 1 aromatic heterocycles. The Bertz CT molecular complexity index is 578. The maximum Gasteiger partial charge on any atom is 0.416 e. The van der Waals surface area contributed by atoms with Crippen molar-refractivity contribution >= 4 is 11.3 Å². The zero-order chi connectivity index (χ0) is 15.5. The molecule has 0 radical (unpaired) electrons. The van der Waals surface area contributed by atoms with E-state index in [2.05, 4.69) is 5.32 Å². The summed E-state index contributed by atoms with van der Waals surface area (Å²) in [5.74, 6) is -0.669. The molecular weight excluding hydrogens is 302 g/mol. The van der Waals surface area contributed by atoms with Gasteiger partial charge in [0.2, 0.25) is 0 Å². The zero-order valence-electron chi connectivity index (χ0n) is 11.4. The van der Waals surface area contributed by atoms with Crippen LogP contribution in [0.4, 0.5) is 17.6 Å². The van der Waals surface area contributed by atoms with Gasteiger partial charge in [0, 0.05) is 4.88 Å². The lowest BCUT2D eigenvalue weighted by Crippen LogP contribution is -2.25. The highest BCUT2D eigenvalue weighted by molar-refractivity contribution is 7.10. The van der Waals surface area contributed by atoms with Crippen LogP contribution in [0.15, 0.2) is 35.7 Å². The molecule has 2 aromatic rings. The lowest BCUT2D eigenvalue weighted by molar-refractivity contribution is -0.138. The summed E-state index contributed by atoms with van der Waals surface area (Å²) in [6, 6.07) is 5.49. The smallest absolute Gasteiger partial charge is 0.306 e. The van der Waals surface area contributed by atoms with Crippen LogP contribution in [0.1, 0.15) is 35.4 Å². The molecule has 21 heavy (non-hydrogen) atoms. The minimum Gasteiger partial charge on any atom is -0.306 e. The Balaban J connectivity index is 2.51. The molecule has 1 heterocycles. The molecule has 0 fully saturated rings. The number of thiophene rings is 1. The molecule has 0 spiro atoms. The van der Waals surface area contributed by atoms with E-state index in [0.717, 1.165) is 29.5 Å². The largest absolute Gasteiger partial charge is 0.416 e. The number of hydrogen-bond donors (Lipinski definition) is 1. The molecular formula is C15H15F4NS. The Morgan fingerprint density at radius 1 is 1.24 bits per heavy atom. The van der Waals surface area contributed by atoms with Gasteiger partial charge in [-0.15, -0.1) is 11.3 Å². The van der Waals surface area contributed by atoms with Gasteiger partial charge in [0.1, 0.15) is 5.82 Å². The summed E-state index contributed by atoms with van der Waals surface area (Å²) in [5, 5.41) is 4.87. The van der Waals surface area contributed by atoms with Crippen LogP contribution >= 0.6 is 11.3 Å². The van der Waals surface area contributed by atoms with Crippen LogP contribution < -0.4 is 5.32 Å². The Morgan fingerprint density at radius 2 is 2.00 bits per heavy atom. The Morgan fingerprint density at radius 3 is 2.57 bits per heavy atom. The molecule has 1 nitrogen and oxygen atoms in total. The van der Waals surface area contributed by atoms with Crippen LogP contribution in [0, 0.1) is 5.82 Å². The Labute approximate surface area is 124 Å². The number of alkyl halides is 3. The fraction of sp³-hybridized carbons (Fsp3) is 0.333. The van der Waals surface area contributed by atoms with Crippen molar-refractivity contribution in [3.8, 4) is 0 Å². The Hall–Kier alpha value is -1.40. The van der Waals surface area contributed by atoms with Crippen molar-refractivity contribution < 1.29 is 17.6 Å². The highest BCUT2D eigenvalue weighted by Crippen LogP contribution is 2.37. The first-order chi connectivity index (χ1) is 9.93. The van der Waals surface area contributed by atoms with E-state index in [9.17, 15) is 17.6 Å². The average molecular weight is 317 g/mol. The first-order valence-electron chi connectivity index (χ1n) is 6.57. The van der Waals surface area contributed by atoms with Gasteiger partial charge in [0.05, 0.1) is 11.6 Å². The normalized spacial score (nSPS) is 13.4. The van der Waals surface area contributed by atoms with E-state index in [1.165, 1.54) is 11.3 Å². The first kappa shape index (κ1) is 16.0. The van der Waals surface area contributed by atoms with E-state index in [-0.39, 0.29) is 5.56 Å². The summed E-state index contributed by atoms with van der Waals surface area (Å²) < 4.78 is 52.9. The molecule has 0 saturated heterocycles. The van der Waals surface area contributed by atoms with Gasteiger partial charge in [-0.2, -0.15) is 13.2 Å². The molecule has 114 valence electrons. The average Bonchev–Trinajstić information content (AvgIpc) is 2.92. The second-order valence-corrected chi connectivity index (χ2v) is 5.61. The summed E-state index contributed by atoms with van der Waals surface area (Å²) in [6.07, 6.45) is -3.73. The fourth-order valence-electron chi connectivity index (χ4n) is 2.14. The van der Waals surface area contributed by atoms with Crippen molar-refractivity contribution in [1.29, 1.82) is 0 Å². The standard InChI is InChI=1S/C15H15F4NS/c1-2-7-20-14(13-4-3-8-21-13)11-9-10(16)5-6-12(11)15(17,18)19/h3-6,8-9,14,20H,2,7H2,1H3. The third kappa shape index (κ3) is 3.83. The van der Waals surface area contributed by atoms with Crippen LogP contribution in [0.2, 0.25) is 0 Å². The molecule has 0 bridgehead atoms. The van der Waals surface area contributed by atoms with E-state index in [1.807, 2.05) is 6.92 Å². The maximum atomic E-state index is 13.5. The van der Waals surface area contributed by atoms with Crippen LogP contribution in [0.5, 0.6) is 0 Å². The van der Waals surface area contributed by atoms with Gasteiger partial charge < -0.3 is 5.32 Å². The van der Waals surface area contributed by atoms with Crippen LogP contribution in [0.25, 0.3) is 0 Å². The minimum atomic E-state index is -4.51. The molecule has 0 amide bonds. The van der Waals surface area contributed by atoms with Crippen molar-refractivity contribution in [2.75, 3.05) is 6.54 Å². The molecule has 0 saturated carbocycles. The number of benzene rings is 1. The number of halogens is 4. The van der Waals surface area contributed by atoms with Crippen LogP contribution in [-0.2, 0) is 6.18 Å². The van der Waals surface area contributed by atoms with E-state index >= 15 is 0 Å². The molecule has 0 aliphatic carbocycles. The van der Waals surface area contributed by atoms with Gasteiger partial charge >= 0.3 is 6.18 Å². The molecule has 1 aromatic carbocycles. The van der Waals surface area contributed by atoms with E-state index in [4.69, 9.17) is 0 Å². The van der Waals surface area contributed by atoms with Gasteiger partial charge in [-0.25, -0.2) is 4.39 Å². The summed E-state index contributed by atoms with van der Waals surface area (Å²) in [7, 11) is 0. The molecule has 1 N–H and O–H groups in total. The summed E-state index contributed by atoms with van der Waals surface area (Å²) in [6.45, 7) is 2.48. The predicted octanol–water partition coefficient (Wildman–Crippen LogP) is 5.00. The van der Waals surface area contributed by atoms with Crippen molar-refractivity contribution in [3.63, 3.8) is 0 Å². The quantitative estimate of drug-likeness (QED) is 0.766. The third-order valence-electron chi connectivity index (χ3n) is 3.06.